The van der Waals surface area contributed by atoms with Gasteiger partial charge < -0.3 is 0 Å². The van der Waals surface area contributed by atoms with E-state index in [2.05, 4.69) is 6.58 Å². The Labute approximate surface area is 221 Å². The van der Waals surface area contributed by atoms with E-state index in [1.807, 2.05) is 24.3 Å². The van der Waals surface area contributed by atoms with E-state index >= 15 is 13.2 Å². The van der Waals surface area contributed by atoms with Crippen LogP contribution in [0, 0.1) is 17.5 Å². The molecule has 6 heteroatoms. The van der Waals surface area contributed by atoms with Gasteiger partial charge in [-0.2, -0.15) is 13.2 Å². The normalized spacial score (nSPS) is 11.6. The molecule has 0 saturated carbocycles. The highest BCUT2D eigenvalue weighted by Gasteiger charge is 2.34. The second kappa shape index (κ2) is 10.4. The van der Waals surface area contributed by atoms with Gasteiger partial charge in [-0.15, -0.1) is 6.58 Å². The summed E-state index contributed by atoms with van der Waals surface area (Å²) in [4.78, 5) is 0. The number of alkyl halides is 3. The molecule has 39 heavy (non-hydrogen) atoms. The molecule has 0 aliphatic rings. The zero-order chi connectivity index (χ0) is 27.7. The molecule has 0 heterocycles. The molecule has 0 atom stereocenters. The Bertz CT molecular complexity index is 1660. The van der Waals surface area contributed by atoms with E-state index in [1.165, 1.54) is 6.07 Å². The van der Waals surface area contributed by atoms with Crippen molar-refractivity contribution in [3.05, 3.63) is 132 Å². The van der Waals surface area contributed by atoms with Crippen LogP contribution in [0.25, 0.3) is 44.2 Å². The van der Waals surface area contributed by atoms with Crippen molar-refractivity contribution in [3.63, 3.8) is 0 Å². The summed E-state index contributed by atoms with van der Waals surface area (Å²) in [5.41, 5.74) is 0.193. The molecule has 0 aliphatic heterocycles. The van der Waals surface area contributed by atoms with Gasteiger partial charge >= 0.3 is 6.18 Å². The standard InChI is InChI=1S/C33H22F6/c1-2-3-6-20-9-15-26-23(17-20)14-16-25(32(26)36)22-12-10-21(11-13-22)24-18-29(34)31(30(35)19-24)27-7-4-5-8-28(27)33(37,38)39/h2,4-5,7-19H,1,3,6H2. The Morgan fingerprint density at radius 1 is 0.667 bits per heavy atom. The summed E-state index contributed by atoms with van der Waals surface area (Å²) in [6.45, 7) is 3.72. The summed E-state index contributed by atoms with van der Waals surface area (Å²) in [6, 6.07) is 21.9. The topological polar surface area (TPSA) is 0 Å². The molecule has 0 saturated heterocycles. The third-order valence-electron chi connectivity index (χ3n) is 6.73. The third kappa shape index (κ3) is 5.19. The highest BCUT2D eigenvalue weighted by Crippen LogP contribution is 2.40. The number of benzene rings is 5. The molecule has 0 unspecified atom stereocenters. The maximum atomic E-state index is 15.4. The summed E-state index contributed by atoms with van der Waals surface area (Å²) in [5.74, 6) is -2.60. The Morgan fingerprint density at radius 3 is 2.00 bits per heavy atom. The second-order valence-corrected chi connectivity index (χ2v) is 9.25. The molecule has 0 aromatic heterocycles. The lowest BCUT2D eigenvalue weighted by molar-refractivity contribution is -0.137. The number of hydrogen-bond donors (Lipinski definition) is 0. The summed E-state index contributed by atoms with van der Waals surface area (Å²) in [5, 5.41) is 1.27. The fourth-order valence-electron chi connectivity index (χ4n) is 4.78. The van der Waals surface area contributed by atoms with Crippen LogP contribution in [0.3, 0.4) is 0 Å². The fourth-order valence-corrected chi connectivity index (χ4v) is 4.78. The lowest BCUT2D eigenvalue weighted by Gasteiger charge is -2.15. The van der Waals surface area contributed by atoms with Crippen molar-refractivity contribution >= 4 is 10.8 Å². The van der Waals surface area contributed by atoms with Gasteiger partial charge in [-0.3, -0.25) is 0 Å². The van der Waals surface area contributed by atoms with Crippen LogP contribution < -0.4 is 0 Å². The van der Waals surface area contributed by atoms with E-state index in [-0.39, 0.29) is 11.4 Å². The molecule has 0 amide bonds. The SMILES string of the molecule is C=CCCc1ccc2c(F)c(-c3ccc(-c4cc(F)c(-c5ccccc5C(F)(F)F)c(F)c4)cc3)ccc2c1. The van der Waals surface area contributed by atoms with Gasteiger partial charge in [0.05, 0.1) is 11.1 Å². The molecule has 5 rings (SSSR count). The quantitative estimate of drug-likeness (QED) is 0.151. The lowest BCUT2D eigenvalue weighted by Crippen LogP contribution is -2.08. The van der Waals surface area contributed by atoms with Crippen molar-refractivity contribution in [1.82, 2.24) is 0 Å². The van der Waals surface area contributed by atoms with Crippen LogP contribution in [0.15, 0.2) is 104 Å². The summed E-state index contributed by atoms with van der Waals surface area (Å²) < 4.78 is 85.7. The van der Waals surface area contributed by atoms with E-state index in [9.17, 15) is 13.2 Å². The summed E-state index contributed by atoms with van der Waals surface area (Å²) in [7, 11) is 0. The minimum atomic E-state index is -4.77. The first kappa shape index (κ1) is 26.3. The van der Waals surface area contributed by atoms with Gasteiger partial charge in [-0.05, 0) is 64.2 Å². The van der Waals surface area contributed by atoms with Crippen molar-refractivity contribution in [3.8, 4) is 33.4 Å². The van der Waals surface area contributed by atoms with Crippen LogP contribution >= 0.6 is 0 Å². The maximum absolute atomic E-state index is 15.4. The number of allylic oxidation sites excluding steroid dienone is 1. The second-order valence-electron chi connectivity index (χ2n) is 9.25. The van der Waals surface area contributed by atoms with E-state index in [4.69, 9.17) is 0 Å². The van der Waals surface area contributed by atoms with E-state index in [0.29, 0.717) is 22.1 Å². The lowest BCUT2D eigenvalue weighted by atomic mass is 9.94. The molecule has 0 N–H and O–H groups in total. The molecule has 0 aliphatic carbocycles. The third-order valence-corrected chi connectivity index (χ3v) is 6.73. The Kier molecular flexibility index (Phi) is 7.04. The average molecular weight is 533 g/mol. The summed E-state index contributed by atoms with van der Waals surface area (Å²) >= 11 is 0. The number of hydrogen-bond acceptors (Lipinski definition) is 0. The fraction of sp³-hybridized carbons (Fsp3) is 0.0909. The zero-order valence-electron chi connectivity index (χ0n) is 20.6. The van der Waals surface area contributed by atoms with Crippen LogP contribution in [0.2, 0.25) is 0 Å². The average Bonchev–Trinajstić information content (AvgIpc) is 2.91. The molecule has 0 radical (unpaired) electrons. The van der Waals surface area contributed by atoms with Crippen molar-refractivity contribution in [2.24, 2.45) is 0 Å². The van der Waals surface area contributed by atoms with Crippen LogP contribution in [-0.4, -0.2) is 0 Å². The molecule has 5 aromatic carbocycles. The van der Waals surface area contributed by atoms with Crippen LogP contribution in [0.4, 0.5) is 26.3 Å². The first-order valence-electron chi connectivity index (χ1n) is 12.3. The van der Waals surface area contributed by atoms with Crippen LogP contribution in [0.1, 0.15) is 17.5 Å². The van der Waals surface area contributed by atoms with Gasteiger partial charge in [0.1, 0.15) is 17.5 Å². The van der Waals surface area contributed by atoms with Crippen molar-refractivity contribution in [1.29, 1.82) is 0 Å². The monoisotopic (exact) mass is 532 g/mol. The van der Waals surface area contributed by atoms with Gasteiger partial charge in [0, 0.05) is 10.9 Å². The Balaban J connectivity index is 1.47. The number of halogens is 6. The first-order valence-corrected chi connectivity index (χ1v) is 12.3. The Morgan fingerprint density at radius 2 is 1.33 bits per heavy atom. The highest BCUT2D eigenvalue weighted by atomic mass is 19.4. The first-order chi connectivity index (χ1) is 18.7. The van der Waals surface area contributed by atoms with Crippen molar-refractivity contribution < 1.29 is 26.3 Å². The van der Waals surface area contributed by atoms with E-state index < -0.39 is 34.5 Å². The van der Waals surface area contributed by atoms with Crippen LogP contribution in [0.5, 0.6) is 0 Å². The number of aryl methyl sites for hydroxylation is 1. The highest BCUT2D eigenvalue weighted by molar-refractivity contribution is 5.89. The molecular weight excluding hydrogens is 510 g/mol. The van der Waals surface area contributed by atoms with E-state index in [1.54, 1.807) is 36.4 Å². The number of fused-ring (bicyclic) bond motifs is 1. The van der Waals surface area contributed by atoms with E-state index in [0.717, 1.165) is 54.1 Å². The maximum Gasteiger partial charge on any atom is 0.417 e. The zero-order valence-corrected chi connectivity index (χ0v) is 20.6. The van der Waals surface area contributed by atoms with Crippen molar-refractivity contribution in [2.45, 2.75) is 19.0 Å². The van der Waals surface area contributed by atoms with Crippen LogP contribution in [-0.2, 0) is 12.6 Å². The molecule has 0 bridgehead atoms. The molecule has 0 spiro atoms. The minimum absolute atomic E-state index is 0.149. The van der Waals surface area contributed by atoms with Gasteiger partial charge in [0.2, 0.25) is 0 Å². The summed E-state index contributed by atoms with van der Waals surface area (Å²) in [6.07, 6.45) is -1.28. The van der Waals surface area contributed by atoms with Gasteiger partial charge in [0.15, 0.2) is 0 Å². The van der Waals surface area contributed by atoms with Crippen molar-refractivity contribution in [2.75, 3.05) is 0 Å². The van der Waals surface area contributed by atoms with Gasteiger partial charge in [-0.1, -0.05) is 78.9 Å². The van der Waals surface area contributed by atoms with Gasteiger partial charge in [0.25, 0.3) is 0 Å². The predicted octanol–water partition coefficient (Wildman–Crippen LogP) is 10.4. The molecule has 5 aromatic rings. The predicted molar refractivity (Wildman–Crippen MR) is 144 cm³/mol. The molecule has 0 fully saturated rings. The minimum Gasteiger partial charge on any atom is -0.206 e. The Hall–Kier alpha value is -4.32. The number of rotatable bonds is 6. The van der Waals surface area contributed by atoms with Gasteiger partial charge in [-0.25, -0.2) is 13.2 Å². The molecular formula is C33H22F6. The molecule has 196 valence electrons. The smallest absolute Gasteiger partial charge is 0.206 e. The largest absolute Gasteiger partial charge is 0.417 e. The molecule has 0 nitrogen and oxygen atoms in total.